The molecule has 34 heavy (non-hydrogen) atoms. The topological polar surface area (TPSA) is 88.6 Å². The van der Waals surface area contributed by atoms with Crippen LogP contribution >= 0.6 is 23.4 Å². The minimum absolute atomic E-state index is 0.0363. The molecule has 1 aliphatic rings. The largest absolute Gasteiger partial charge is 0.353 e. The number of carbonyl (C=O) groups excluding carboxylic acids is 1. The second-order valence-corrected chi connectivity index (χ2v) is 9.21. The van der Waals surface area contributed by atoms with E-state index >= 15 is 0 Å². The van der Waals surface area contributed by atoms with Gasteiger partial charge in [0.2, 0.25) is 11.7 Å². The van der Waals surface area contributed by atoms with Gasteiger partial charge in [0.1, 0.15) is 5.82 Å². The van der Waals surface area contributed by atoms with Crippen molar-refractivity contribution in [2.24, 2.45) is 0 Å². The van der Waals surface area contributed by atoms with Crippen LogP contribution in [0.3, 0.4) is 0 Å². The number of pyridine rings is 1. The highest BCUT2D eigenvalue weighted by molar-refractivity contribution is 7.99. The van der Waals surface area contributed by atoms with Gasteiger partial charge in [-0.05, 0) is 24.3 Å². The van der Waals surface area contributed by atoms with Crippen molar-refractivity contribution in [1.29, 1.82) is 0 Å². The molecule has 1 aliphatic heterocycles. The number of amides is 1. The van der Waals surface area contributed by atoms with Crippen molar-refractivity contribution in [2.45, 2.75) is 11.7 Å². The first-order valence-corrected chi connectivity index (χ1v) is 12.2. The summed E-state index contributed by atoms with van der Waals surface area (Å²) < 4.78 is 3.38. The van der Waals surface area contributed by atoms with E-state index in [1.165, 1.54) is 16.3 Å². The fraction of sp³-hybridized carbons (Fsp3) is 0.261. The van der Waals surface area contributed by atoms with Crippen molar-refractivity contribution in [3.05, 3.63) is 70.6 Å². The Kier molecular flexibility index (Phi) is 6.25. The lowest BCUT2D eigenvalue weighted by atomic mass is 10.2. The number of piperazine rings is 1. The first kappa shape index (κ1) is 22.4. The first-order chi connectivity index (χ1) is 16.6. The Labute approximate surface area is 204 Å². The van der Waals surface area contributed by atoms with Gasteiger partial charge in [-0.25, -0.2) is 4.98 Å². The zero-order valence-electron chi connectivity index (χ0n) is 18.3. The zero-order chi connectivity index (χ0) is 23.7. The number of halogens is 1. The fourth-order valence-electron chi connectivity index (χ4n) is 4.08. The van der Waals surface area contributed by atoms with E-state index in [4.69, 9.17) is 11.6 Å². The van der Waals surface area contributed by atoms with Crippen LogP contribution in [0.2, 0.25) is 5.02 Å². The monoisotopic (exact) mass is 495 g/mol. The zero-order valence-corrected chi connectivity index (χ0v) is 19.9. The summed E-state index contributed by atoms with van der Waals surface area (Å²) in [7, 11) is 0. The number of hydrogen-bond donors (Lipinski definition) is 0. The highest BCUT2D eigenvalue weighted by atomic mass is 35.5. The summed E-state index contributed by atoms with van der Waals surface area (Å²) in [5.74, 6) is 1.56. The van der Waals surface area contributed by atoms with Gasteiger partial charge in [-0.2, -0.15) is 0 Å². The van der Waals surface area contributed by atoms with E-state index < -0.39 is 0 Å². The Balaban J connectivity index is 1.32. The molecule has 0 bridgehead atoms. The molecule has 4 heterocycles. The molecule has 5 rings (SSSR count). The summed E-state index contributed by atoms with van der Waals surface area (Å²) in [6.07, 6.45) is 3.28. The maximum absolute atomic E-state index is 12.9. The number of para-hydroxylation sites is 1. The van der Waals surface area contributed by atoms with Gasteiger partial charge in [-0.1, -0.05) is 41.6 Å². The molecule has 9 nitrogen and oxygen atoms in total. The van der Waals surface area contributed by atoms with E-state index in [1.54, 1.807) is 18.3 Å². The molecule has 3 aromatic heterocycles. The second-order valence-electron chi connectivity index (χ2n) is 7.83. The number of fused-ring (bicyclic) bond motifs is 3. The summed E-state index contributed by atoms with van der Waals surface area (Å²) in [5, 5.41) is 10.3. The molecule has 0 aliphatic carbocycles. The average molecular weight is 496 g/mol. The predicted molar refractivity (Wildman–Crippen MR) is 134 cm³/mol. The third-order valence-electron chi connectivity index (χ3n) is 5.78. The van der Waals surface area contributed by atoms with Gasteiger partial charge in [-0.15, -0.1) is 16.8 Å². The van der Waals surface area contributed by atoms with E-state index in [9.17, 15) is 9.59 Å². The maximum atomic E-state index is 12.9. The molecule has 0 atom stereocenters. The van der Waals surface area contributed by atoms with Crippen molar-refractivity contribution >= 4 is 51.8 Å². The van der Waals surface area contributed by atoms with Gasteiger partial charge in [0.25, 0.3) is 5.56 Å². The number of aromatic nitrogens is 5. The summed E-state index contributed by atoms with van der Waals surface area (Å²) in [5.41, 5.74) is 0.572. The minimum Gasteiger partial charge on any atom is -0.353 e. The Bertz CT molecular complexity index is 1430. The van der Waals surface area contributed by atoms with Crippen LogP contribution in [0.4, 0.5) is 5.82 Å². The molecule has 0 radical (unpaired) electrons. The van der Waals surface area contributed by atoms with Crippen LogP contribution < -0.4 is 10.5 Å². The Morgan fingerprint density at radius 1 is 1.12 bits per heavy atom. The van der Waals surface area contributed by atoms with E-state index in [0.29, 0.717) is 59.6 Å². The molecular weight excluding hydrogens is 474 g/mol. The van der Waals surface area contributed by atoms with Crippen LogP contribution in [0.1, 0.15) is 0 Å². The molecule has 174 valence electrons. The lowest BCUT2D eigenvalue weighted by Gasteiger charge is -2.35. The number of anilines is 1. The van der Waals surface area contributed by atoms with Gasteiger partial charge >= 0.3 is 0 Å². The molecule has 0 unspecified atom stereocenters. The van der Waals surface area contributed by atoms with Gasteiger partial charge in [0.05, 0.1) is 21.7 Å². The van der Waals surface area contributed by atoms with Crippen molar-refractivity contribution in [2.75, 3.05) is 36.8 Å². The predicted octanol–water partition coefficient (Wildman–Crippen LogP) is 2.72. The van der Waals surface area contributed by atoms with E-state index in [0.717, 1.165) is 5.82 Å². The molecule has 0 N–H and O–H groups in total. The normalized spacial score (nSPS) is 14.1. The summed E-state index contributed by atoms with van der Waals surface area (Å²) in [6.45, 7) is 6.71. The SMILES string of the molecule is C=CCn1c(=O)c2ccccc2n2c(SCC(=O)N3CCN(c4ccc(Cl)cn4)CC3)nnc12. The van der Waals surface area contributed by atoms with Crippen molar-refractivity contribution in [1.82, 2.24) is 29.0 Å². The Morgan fingerprint density at radius 3 is 2.65 bits per heavy atom. The third-order valence-corrected chi connectivity index (χ3v) is 6.92. The number of thioether (sulfide) groups is 1. The summed E-state index contributed by atoms with van der Waals surface area (Å²) in [6, 6.07) is 11.1. The standard InChI is InChI=1S/C23H22ClN7O2S/c1-2-9-30-21(33)17-5-3-4-6-18(17)31-22(30)26-27-23(31)34-15-20(32)29-12-10-28(11-13-29)19-8-7-16(24)14-25-19/h2-8,14H,1,9-13,15H2. The number of rotatable bonds is 6. The molecule has 1 amide bonds. The van der Waals surface area contributed by atoms with Crippen molar-refractivity contribution < 1.29 is 4.79 Å². The summed E-state index contributed by atoms with van der Waals surface area (Å²) in [4.78, 5) is 34.2. The molecular formula is C23H22ClN7O2S. The van der Waals surface area contributed by atoms with Crippen LogP contribution in [0, 0.1) is 0 Å². The highest BCUT2D eigenvalue weighted by Crippen LogP contribution is 2.23. The summed E-state index contributed by atoms with van der Waals surface area (Å²) >= 11 is 7.25. The fourth-order valence-corrected chi connectivity index (χ4v) is 5.03. The lowest BCUT2D eigenvalue weighted by molar-refractivity contribution is -0.128. The minimum atomic E-state index is -0.143. The van der Waals surface area contributed by atoms with E-state index in [-0.39, 0.29) is 17.2 Å². The number of hydrogen-bond acceptors (Lipinski definition) is 7. The van der Waals surface area contributed by atoms with Crippen LogP contribution in [0.15, 0.2) is 65.2 Å². The van der Waals surface area contributed by atoms with Gasteiger partial charge in [0.15, 0.2) is 5.16 Å². The molecule has 4 aromatic rings. The van der Waals surface area contributed by atoms with Crippen molar-refractivity contribution in [3.63, 3.8) is 0 Å². The molecule has 1 fully saturated rings. The Hall–Kier alpha value is -3.37. The number of benzene rings is 1. The van der Waals surface area contributed by atoms with Crippen molar-refractivity contribution in [3.8, 4) is 0 Å². The highest BCUT2D eigenvalue weighted by Gasteiger charge is 2.23. The maximum Gasteiger partial charge on any atom is 0.263 e. The molecule has 1 saturated heterocycles. The average Bonchev–Trinajstić information content (AvgIpc) is 3.30. The first-order valence-electron chi connectivity index (χ1n) is 10.8. The molecule has 0 spiro atoms. The van der Waals surface area contributed by atoms with E-state index in [2.05, 4.69) is 26.7 Å². The number of allylic oxidation sites excluding steroid dienone is 1. The smallest absolute Gasteiger partial charge is 0.263 e. The third kappa shape index (κ3) is 4.14. The Morgan fingerprint density at radius 2 is 1.91 bits per heavy atom. The van der Waals surface area contributed by atoms with Crippen LogP contribution in [0.25, 0.3) is 16.7 Å². The van der Waals surface area contributed by atoms with Gasteiger partial charge < -0.3 is 9.80 Å². The second kappa shape index (κ2) is 9.47. The van der Waals surface area contributed by atoms with Gasteiger partial charge in [0, 0.05) is 38.9 Å². The quantitative estimate of drug-likeness (QED) is 0.300. The van der Waals surface area contributed by atoms with Crippen LogP contribution in [-0.4, -0.2) is 66.9 Å². The van der Waals surface area contributed by atoms with E-state index in [1.807, 2.05) is 39.6 Å². The van der Waals surface area contributed by atoms with Gasteiger partial charge in [-0.3, -0.25) is 18.6 Å². The molecule has 1 aromatic carbocycles. The van der Waals surface area contributed by atoms with Crippen LogP contribution in [-0.2, 0) is 11.3 Å². The molecule has 11 heteroatoms. The lowest BCUT2D eigenvalue weighted by Crippen LogP contribution is -2.49. The number of carbonyl (C=O) groups is 1. The number of nitrogens with zero attached hydrogens (tertiary/aromatic N) is 7. The molecule has 0 saturated carbocycles. The van der Waals surface area contributed by atoms with Crippen LogP contribution in [0.5, 0.6) is 0 Å².